The van der Waals surface area contributed by atoms with E-state index in [2.05, 4.69) is 89.0 Å². The molecule has 0 bridgehead atoms. The maximum Gasteiger partial charge on any atom is 0.216 e. The van der Waals surface area contributed by atoms with Crippen LogP contribution >= 0.6 is 11.8 Å². The van der Waals surface area contributed by atoms with Gasteiger partial charge in [0.15, 0.2) is 5.65 Å². The average molecular weight is 692 g/mol. The molecule has 0 radical (unpaired) electrons. The summed E-state index contributed by atoms with van der Waals surface area (Å²) < 4.78 is 15.2. The van der Waals surface area contributed by atoms with E-state index in [1.807, 2.05) is 47.2 Å². The van der Waals surface area contributed by atoms with E-state index in [-0.39, 0.29) is 23.4 Å². The molecule has 1 aromatic carbocycles. The summed E-state index contributed by atoms with van der Waals surface area (Å²) >= 11 is 1.69. The Morgan fingerprint density at radius 3 is 2.23 bits per heavy atom. The van der Waals surface area contributed by atoms with E-state index in [9.17, 15) is 5.11 Å². The summed E-state index contributed by atoms with van der Waals surface area (Å²) in [6.45, 7) is 18.3. The molecule has 1 saturated carbocycles. The first-order valence-electron chi connectivity index (χ1n) is 16.8. The summed E-state index contributed by atoms with van der Waals surface area (Å²) in [5, 5.41) is 20.3. The lowest BCUT2D eigenvalue weighted by molar-refractivity contribution is -0.186. The summed E-state index contributed by atoms with van der Waals surface area (Å²) in [4.78, 5) is 9.85. The molecule has 47 heavy (non-hydrogen) atoms. The molecule has 3 heterocycles. The second-order valence-electron chi connectivity index (χ2n) is 15.4. The number of aliphatic hydroxyl groups is 1. The third-order valence-electron chi connectivity index (χ3n) is 9.72. The van der Waals surface area contributed by atoms with Crippen LogP contribution in [0, 0.1) is 0 Å². The fourth-order valence-corrected chi connectivity index (χ4v) is 7.68. The normalized spacial score (nSPS) is 22.7. The lowest BCUT2D eigenvalue weighted by Crippen LogP contribution is -2.55. The second-order valence-corrected chi connectivity index (χ2v) is 27.3. The molecule has 11 heteroatoms. The second kappa shape index (κ2) is 14.6. The first-order valence-corrected chi connectivity index (χ1v) is 25.4. The standard InChI is InChI=1S/C36H53N5O3SSi2/c1-25(46(4,5)6)43-35(44-26(2)47(7,8)9)39-31-17-19-36(42,24-45-3)22-29(31)32-18-20-41-34(38-32)21-33(40-41)28-15-16-30(37-23-28)27-13-11-10-12-14-27/h10-16,18,20-21,23,25-26,29,31,35,39,42H,17,19,22,24H2,1-9H3/t25?,26?,29?,31-,35?,36-/m1/s1. The predicted octanol–water partition coefficient (Wildman–Crippen LogP) is 7.63. The van der Waals surface area contributed by atoms with E-state index in [0.29, 0.717) is 18.6 Å². The lowest BCUT2D eigenvalue weighted by atomic mass is 9.74. The monoisotopic (exact) mass is 691 g/mol. The van der Waals surface area contributed by atoms with Gasteiger partial charge in [0.1, 0.15) is 0 Å². The van der Waals surface area contributed by atoms with Crippen molar-refractivity contribution >= 4 is 33.6 Å². The van der Waals surface area contributed by atoms with Gasteiger partial charge in [0, 0.05) is 64.4 Å². The number of hydrogen-bond donors (Lipinski definition) is 2. The van der Waals surface area contributed by atoms with Gasteiger partial charge in [0.2, 0.25) is 6.41 Å². The van der Waals surface area contributed by atoms with Crippen LogP contribution in [-0.2, 0) is 9.47 Å². The summed E-state index contributed by atoms with van der Waals surface area (Å²) in [7, 11) is -3.16. The first kappa shape index (κ1) is 35.9. The Morgan fingerprint density at radius 1 is 0.957 bits per heavy atom. The molecule has 0 saturated heterocycles. The Hall–Kier alpha value is -2.39. The van der Waals surface area contributed by atoms with E-state index >= 15 is 0 Å². The van der Waals surface area contributed by atoms with Crippen LogP contribution in [0.4, 0.5) is 0 Å². The van der Waals surface area contributed by atoms with Crippen LogP contribution in [0.1, 0.15) is 44.7 Å². The van der Waals surface area contributed by atoms with Gasteiger partial charge in [-0.2, -0.15) is 16.9 Å². The molecule has 1 fully saturated rings. The molecule has 1 aliphatic carbocycles. The highest BCUT2D eigenvalue weighted by atomic mass is 32.2. The van der Waals surface area contributed by atoms with Crippen molar-refractivity contribution in [3.05, 3.63) is 72.7 Å². The van der Waals surface area contributed by atoms with Crippen LogP contribution in [0.15, 0.2) is 67.0 Å². The highest BCUT2D eigenvalue weighted by molar-refractivity contribution is 7.98. The Balaban J connectivity index is 1.43. The Morgan fingerprint density at radius 2 is 1.64 bits per heavy atom. The van der Waals surface area contributed by atoms with Crippen LogP contribution in [0.25, 0.3) is 28.2 Å². The minimum atomic E-state index is -1.58. The zero-order valence-corrected chi connectivity index (χ0v) is 32.3. The fraction of sp³-hybridized carbons (Fsp3) is 0.528. The van der Waals surface area contributed by atoms with Gasteiger partial charge in [-0.05, 0) is 57.6 Å². The van der Waals surface area contributed by atoms with Crippen LogP contribution in [0.5, 0.6) is 0 Å². The van der Waals surface area contributed by atoms with E-state index in [1.165, 1.54) is 0 Å². The number of benzene rings is 1. The van der Waals surface area contributed by atoms with Gasteiger partial charge in [-0.3, -0.25) is 10.3 Å². The number of aromatic nitrogens is 4. The number of nitrogens with zero attached hydrogens (tertiary/aromatic N) is 4. The maximum atomic E-state index is 11.7. The van der Waals surface area contributed by atoms with Crippen molar-refractivity contribution in [3.8, 4) is 22.5 Å². The number of pyridine rings is 1. The van der Waals surface area contributed by atoms with Crippen molar-refractivity contribution in [3.63, 3.8) is 0 Å². The van der Waals surface area contributed by atoms with Gasteiger partial charge < -0.3 is 14.6 Å². The summed E-state index contributed by atoms with van der Waals surface area (Å²) in [6, 6.07) is 18.4. The molecule has 254 valence electrons. The molecule has 3 aromatic heterocycles. The lowest BCUT2D eigenvalue weighted by Gasteiger charge is -2.44. The smallest absolute Gasteiger partial charge is 0.216 e. The molecule has 0 spiro atoms. The molecule has 4 aromatic rings. The van der Waals surface area contributed by atoms with Crippen molar-refractivity contribution in [1.29, 1.82) is 0 Å². The van der Waals surface area contributed by atoms with Gasteiger partial charge in [-0.25, -0.2) is 9.50 Å². The Bertz CT molecular complexity index is 1590. The average Bonchev–Trinajstić information content (AvgIpc) is 3.45. The molecule has 5 atom stereocenters. The van der Waals surface area contributed by atoms with E-state index in [0.717, 1.165) is 40.3 Å². The number of fused-ring (bicyclic) bond motifs is 1. The molecule has 8 nitrogen and oxygen atoms in total. The summed E-state index contributed by atoms with van der Waals surface area (Å²) in [5.74, 6) is 0.659. The van der Waals surface area contributed by atoms with E-state index in [4.69, 9.17) is 24.5 Å². The number of ether oxygens (including phenoxy) is 2. The van der Waals surface area contributed by atoms with Gasteiger partial charge in [0.25, 0.3) is 0 Å². The van der Waals surface area contributed by atoms with Crippen LogP contribution < -0.4 is 5.32 Å². The van der Waals surface area contributed by atoms with E-state index < -0.39 is 28.2 Å². The Labute approximate surface area is 287 Å². The number of nitrogens with one attached hydrogen (secondary N) is 1. The maximum absolute atomic E-state index is 11.7. The third kappa shape index (κ3) is 9.00. The zero-order valence-electron chi connectivity index (χ0n) is 29.5. The quantitative estimate of drug-likeness (QED) is 0.109. The third-order valence-corrected chi connectivity index (χ3v) is 15.7. The zero-order chi connectivity index (χ0) is 34.0. The molecule has 0 aliphatic heterocycles. The van der Waals surface area contributed by atoms with Gasteiger partial charge in [0.05, 0.1) is 33.1 Å². The van der Waals surface area contributed by atoms with Crippen LogP contribution in [0.3, 0.4) is 0 Å². The largest absolute Gasteiger partial charge is 0.389 e. The molecule has 3 unspecified atom stereocenters. The van der Waals surface area contributed by atoms with Crippen LogP contribution in [-0.4, -0.2) is 82.4 Å². The van der Waals surface area contributed by atoms with Crippen LogP contribution in [0.2, 0.25) is 39.3 Å². The highest BCUT2D eigenvalue weighted by Gasteiger charge is 2.42. The van der Waals surface area contributed by atoms with Gasteiger partial charge in [-0.1, -0.05) is 69.6 Å². The van der Waals surface area contributed by atoms with Crippen molar-refractivity contribution in [1.82, 2.24) is 24.9 Å². The Kier molecular flexibility index (Phi) is 11.2. The SMILES string of the molecule is CSC[C@@]1(O)CC[C@@H](NC(OC(C)[Si](C)(C)C)OC(C)[Si](C)(C)C)C(c2ccn3nc(-c4ccc(-c5ccccc5)nc4)cc3n2)C1. The minimum Gasteiger partial charge on any atom is -0.389 e. The number of thioether (sulfide) groups is 1. The number of hydrogen-bond acceptors (Lipinski definition) is 8. The first-order chi connectivity index (χ1) is 22.1. The van der Waals surface area contributed by atoms with Gasteiger partial charge in [-0.15, -0.1) is 0 Å². The molecule has 0 amide bonds. The molecule has 5 rings (SSSR count). The molecule has 1 aliphatic rings. The summed E-state index contributed by atoms with van der Waals surface area (Å²) in [5.41, 5.74) is 4.94. The van der Waals surface area contributed by atoms with Crippen molar-refractivity contribution in [2.75, 3.05) is 12.0 Å². The van der Waals surface area contributed by atoms with Crippen molar-refractivity contribution in [2.45, 2.75) is 108 Å². The van der Waals surface area contributed by atoms with Gasteiger partial charge >= 0.3 is 0 Å². The predicted molar refractivity (Wildman–Crippen MR) is 200 cm³/mol. The van der Waals surface area contributed by atoms with E-state index in [1.54, 1.807) is 11.8 Å². The number of rotatable bonds is 13. The topological polar surface area (TPSA) is 93.8 Å². The highest BCUT2D eigenvalue weighted by Crippen LogP contribution is 2.40. The molecular formula is C36H53N5O3SSi2. The molecular weight excluding hydrogens is 639 g/mol. The summed E-state index contributed by atoms with van der Waals surface area (Å²) in [6.07, 6.45) is 7.51. The molecule has 2 N–H and O–H groups in total. The van der Waals surface area contributed by atoms with Crippen molar-refractivity contribution < 1.29 is 14.6 Å². The minimum absolute atomic E-state index is 0.0249. The van der Waals surface area contributed by atoms with Crippen molar-refractivity contribution in [2.24, 2.45) is 0 Å². The fourth-order valence-electron chi connectivity index (χ4n) is 5.82.